The molecule has 1 heterocycles. The minimum atomic E-state index is -3.60. The summed E-state index contributed by atoms with van der Waals surface area (Å²) in [5.41, 5.74) is 0.735. The fourth-order valence-corrected chi connectivity index (χ4v) is 3.07. The molecule has 0 fully saturated rings. The molecule has 6 nitrogen and oxygen atoms in total. The number of nitrogens with one attached hydrogen (secondary N) is 2. The van der Waals surface area contributed by atoms with Crippen molar-refractivity contribution in [2.75, 3.05) is 7.05 Å². The van der Waals surface area contributed by atoms with Gasteiger partial charge in [0, 0.05) is 31.0 Å². The fourth-order valence-electron chi connectivity index (χ4n) is 1.85. The molecule has 2 aromatic rings. The molecular weight excluding hydrogens is 312 g/mol. The Morgan fingerprint density at radius 1 is 1.33 bits per heavy atom. The number of sulfonamides is 1. The summed E-state index contributed by atoms with van der Waals surface area (Å²) in [5.74, 6) is 0.642. The van der Waals surface area contributed by atoms with Crippen molar-refractivity contribution < 1.29 is 8.42 Å². The highest BCUT2D eigenvalue weighted by Crippen LogP contribution is 2.20. The molecule has 0 unspecified atom stereocenters. The van der Waals surface area contributed by atoms with Crippen molar-refractivity contribution in [3.05, 3.63) is 47.0 Å². The number of rotatable bonds is 6. The summed E-state index contributed by atoms with van der Waals surface area (Å²) in [7, 11) is -0.0164. The fraction of sp³-hybridized carbons (Fsp3) is 0.308. The standard InChI is InChI=1S/C13H17ClN4O2S/c1-15-8-10-7-11(3-4-12(10)14)21(19,20)17-9-13-16-5-6-18(13)2/h3-7,15,17H,8-9H2,1-2H3. The number of aromatic nitrogens is 2. The zero-order valence-corrected chi connectivity index (χ0v) is 13.4. The second kappa shape index (κ2) is 6.57. The molecule has 8 heteroatoms. The lowest BCUT2D eigenvalue weighted by atomic mass is 10.2. The van der Waals surface area contributed by atoms with E-state index in [0.29, 0.717) is 17.4 Å². The van der Waals surface area contributed by atoms with Crippen molar-refractivity contribution >= 4 is 21.6 Å². The van der Waals surface area contributed by atoms with Crippen LogP contribution < -0.4 is 10.0 Å². The SMILES string of the molecule is CNCc1cc(S(=O)(=O)NCc2nccn2C)ccc1Cl. The maximum absolute atomic E-state index is 12.3. The third-order valence-electron chi connectivity index (χ3n) is 3.04. The van der Waals surface area contributed by atoms with Crippen LogP contribution in [0.15, 0.2) is 35.5 Å². The van der Waals surface area contributed by atoms with E-state index >= 15 is 0 Å². The minimum absolute atomic E-state index is 0.135. The van der Waals surface area contributed by atoms with Gasteiger partial charge in [0.2, 0.25) is 10.0 Å². The Kier molecular flexibility index (Phi) is 5.00. The van der Waals surface area contributed by atoms with Crippen molar-refractivity contribution in [1.29, 1.82) is 0 Å². The summed E-state index contributed by atoms with van der Waals surface area (Å²) >= 11 is 6.04. The van der Waals surface area contributed by atoms with Crippen LogP contribution in [-0.4, -0.2) is 25.0 Å². The van der Waals surface area contributed by atoms with Gasteiger partial charge in [-0.05, 0) is 30.8 Å². The van der Waals surface area contributed by atoms with Crippen LogP contribution in [0.3, 0.4) is 0 Å². The van der Waals surface area contributed by atoms with Crippen LogP contribution in [0.25, 0.3) is 0 Å². The van der Waals surface area contributed by atoms with Crippen LogP contribution in [0, 0.1) is 0 Å². The Morgan fingerprint density at radius 2 is 2.10 bits per heavy atom. The van der Waals surface area contributed by atoms with E-state index in [9.17, 15) is 8.42 Å². The molecule has 0 aliphatic heterocycles. The van der Waals surface area contributed by atoms with Gasteiger partial charge in [-0.2, -0.15) is 0 Å². The number of hydrogen-bond donors (Lipinski definition) is 2. The van der Waals surface area contributed by atoms with Crippen LogP contribution >= 0.6 is 11.6 Å². The minimum Gasteiger partial charge on any atom is -0.337 e. The Balaban J connectivity index is 2.19. The molecule has 21 heavy (non-hydrogen) atoms. The highest BCUT2D eigenvalue weighted by molar-refractivity contribution is 7.89. The molecule has 0 saturated carbocycles. The topological polar surface area (TPSA) is 76.0 Å². The first kappa shape index (κ1) is 16.0. The van der Waals surface area contributed by atoms with Gasteiger partial charge in [-0.15, -0.1) is 0 Å². The van der Waals surface area contributed by atoms with E-state index in [0.717, 1.165) is 5.56 Å². The second-order valence-electron chi connectivity index (χ2n) is 4.56. The number of aryl methyl sites for hydroxylation is 1. The van der Waals surface area contributed by atoms with Crippen LogP contribution in [0.5, 0.6) is 0 Å². The number of nitrogens with zero attached hydrogens (tertiary/aromatic N) is 2. The average Bonchev–Trinajstić information content (AvgIpc) is 2.85. The van der Waals surface area contributed by atoms with Crippen molar-refractivity contribution in [2.24, 2.45) is 7.05 Å². The highest BCUT2D eigenvalue weighted by Gasteiger charge is 2.16. The molecule has 0 aliphatic carbocycles. The van der Waals surface area contributed by atoms with Crippen molar-refractivity contribution in [3.63, 3.8) is 0 Å². The van der Waals surface area contributed by atoms with Gasteiger partial charge < -0.3 is 9.88 Å². The van der Waals surface area contributed by atoms with Gasteiger partial charge in [-0.25, -0.2) is 18.1 Å². The molecule has 0 bridgehead atoms. The Labute approximate surface area is 129 Å². The van der Waals surface area contributed by atoms with Crippen LogP contribution in [0.2, 0.25) is 5.02 Å². The zero-order chi connectivity index (χ0) is 15.5. The van der Waals surface area contributed by atoms with Gasteiger partial charge in [0.25, 0.3) is 0 Å². The molecule has 0 aliphatic rings. The number of imidazole rings is 1. The van der Waals surface area contributed by atoms with Crippen LogP contribution in [0.4, 0.5) is 0 Å². The van der Waals surface area contributed by atoms with Crippen molar-refractivity contribution in [1.82, 2.24) is 19.6 Å². The van der Waals surface area contributed by atoms with E-state index in [2.05, 4.69) is 15.0 Å². The maximum Gasteiger partial charge on any atom is 0.240 e. The first-order valence-electron chi connectivity index (χ1n) is 6.33. The summed E-state index contributed by atoms with van der Waals surface area (Å²) in [4.78, 5) is 4.26. The number of hydrogen-bond acceptors (Lipinski definition) is 4. The Hall–Kier alpha value is -1.41. The largest absolute Gasteiger partial charge is 0.337 e. The van der Waals surface area contributed by atoms with Gasteiger partial charge in [0.15, 0.2) is 0 Å². The van der Waals surface area contributed by atoms with E-state index in [-0.39, 0.29) is 11.4 Å². The number of benzene rings is 1. The summed E-state index contributed by atoms with van der Waals surface area (Å²) in [5, 5.41) is 3.49. The summed E-state index contributed by atoms with van der Waals surface area (Å²) < 4.78 is 28.9. The first-order valence-corrected chi connectivity index (χ1v) is 8.19. The normalized spacial score (nSPS) is 11.8. The molecule has 0 spiro atoms. The highest BCUT2D eigenvalue weighted by atomic mass is 35.5. The van der Waals surface area contributed by atoms with E-state index in [4.69, 9.17) is 11.6 Å². The Bertz CT molecular complexity index is 728. The van der Waals surface area contributed by atoms with Crippen molar-refractivity contribution in [2.45, 2.75) is 18.0 Å². The second-order valence-corrected chi connectivity index (χ2v) is 6.74. The van der Waals surface area contributed by atoms with Gasteiger partial charge in [-0.3, -0.25) is 0 Å². The van der Waals surface area contributed by atoms with Crippen molar-refractivity contribution in [3.8, 4) is 0 Å². The molecule has 1 aromatic heterocycles. The zero-order valence-electron chi connectivity index (χ0n) is 11.8. The number of halogens is 1. The van der Waals surface area contributed by atoms with Crippen LogP contribution in [0.1, 0.15) is 11.4 Å². The van der Waals surface area contributed by atoms with Gasteiger partial charge in [0.1, 0.15) is 5.82 Å². The molecule has 0 amide bonds. The third-order valence-corrected chi connectivity index (χ3v) is 4.80. The first-order chi connectivity index (χ1) is 9.94. The van der Waals surface area contributed by atoms with E-state index in [1.54, 1.807) is 36.1 Å². The van der Waals surface area contributed by atoms with Crippen LogP contribution in [-0.2, 0) is 30.2 Å². The maximum atomic E-state index is 12.3. The summed E-state index contributed by atoms with van der Waals surface area (Å²) in [6, 6.07) is 4.64. The molecule has 2 rings (SSSR count). The molecular formula is C13H17ClN4O2S. The Morgan fingerprint density at radius 3 is 2.71 bits per heavy atom. The molecule has 1 aromatic carbocycles. The smallest absolute Gasteiger partial charge is 0.240 e. The van der Waals surface area contributed by atoms with E-state index < -0.39 is 10.0 Å². The van der Waals surface area contributed by atoms with Gasteiger partial charge in [0.05, 0.1) is 11.4 Å². The lowest BCUT2D eigenvalue weighted by molar-refractivity contribution is 0.577. The van der Waals surface area contributed by atoms with Gasteiger partial charge >= 0.3 is 0 Å². The molecule has 114 valence electrons. The summed E-state index contributed by atoms with van der Waals surface area (Å²) in [6.07, 6.45) is 3.38. The molecule has 0 radical (unpaired) electrons. The lowest BCUT2D eigenvalue weighted by Gasteiger charge is -2.10. The monoisotopic (exact) mass is 328 g/mol. The quantitative estimate of drug-likeness (QED) is 0.837. The van der Waals surface area contributed by atoms with E-state index in [1.807, 2.05) is 7.05 Å². The van der Waals surface area contributed by atoms with Gasteiger partial charge in [-0.1, -0.05) is 11.6 Å². The predicted molar refractivity (Wildman–Crippen MR) is 81.4 cm³/mol. The lowest BCUT2D eigenvalue weighted by Crippen LogP contribution is -2.25. The predicted octanol–water partition coefficient (Wildman–Crippen LogP) is 1.27. The molecule has 0 saturated heterocycles. The molecule has 2 N–H and O–H groups in total. The summed E-state index contributed by atoms with van der Waals surface area (Å²) in [6.45, 7) is 0.636. The average molecular weight is 329 g/mol. The molecule has 0 atom stereocenters. The van der Waals surface area contributed by atoms with E-state index in [1.165, 1.54) is 6.07 Å². The third kappa shape index (κ3) is 3.82.